The predicted octanol–water partition coefficient (Wildman–Crippen LogP) is 3.50. The molecular formula is C17H13BrN2O3. The predicted molar refractivity (Wildman–Crippen MR) is 90.6 cm³/mol. The van der Waals surface area contributed by atoms with Gasteiger partial charge in [-0.2, -0.15) is 0 Å². The molecule has 0 aliphatic carbocycles. The van der Waals surface area contributed by atoms with Gasteiger partial charge in [-0.15, -0.1) is 0 Å². The zero-order valence-electron chi connectivity index (χ0n) is 12.0. The second-order valence-corrected chi connectivity index (χ2v) is 5.81. The summed E-state index contributed by atoms with van der Waals surface area (Å²) >= 11 is 3.35. The molecule has 0 saturated heterocycles. The summed E-state index contributed by atoms with van der Waals surface area (Å²) in [7, 11) is 0. The highest BCUT2D eigenvalue weighted by Gasteiger charge is 2.12. The number of aromatic nitrogens is 1. The van der Waals surface area contributed by atoms with E-state index < -0.39 is 0 Å². The van der Waals surface area contributed by atoms with Gasteiger partial charge in [0.2, 0.25) is 0 Å². The SMILES string of the molecule is O=C(Nc1cccc(Br)c1)c1ccc(Cn2ccccc2=O)o1. The lowest BCUT2D eigenvalue weighted by Gasteiger charge is -2.04. The first-order valence-electron chi connectivity index (χ1n) is 6.93. The van der Waals surface area contributed by atoms with Gasteiger partial charge in [-0.05, 0) is 36.4 Å². The van der Waals surface area contributed by atoms with E-state index >= 15 is 0 Å². The maximum Gasteiger partial charge on any atom is 0.291 e. The number of benzene rings is 1. The number of hydrogen-bond acceptors (Lipinski definition) is 3. The number of rotatable bonds is 4. The summed E-state index contributed by atoms with van der Waals surface area (Å²) in [5.41, 5.74) is 0.547. The third-order valence-corrected chi connectivity index (χ3v) is 3.69. The van der Waals surface area contributed by atoms with Crippen LogP contribution in [-0.2, 0) is 6.54 Å². The van der Waals surface area contributed by atoms with Gasteiger partial charge in [0, 0.05) is 22.4 Å². The van der Waals surface area contributed by atoms with Crippen LogP contribution in [0.5, 0.6) is 0 Å². The third-order valence-electron chi connectivity index (χ3n) is 3.19. The van der Waals surface area contributed by atoms with Crippen molar-refractivity contribution >= 4 is 27.5 Å². The fraction of sp³-hybridized carbons (Fsp3) is 0.0588. The number of nitrogens with zero attached hydrogens (tertiary/aromatic N) is 1. The van der Waals surface area contributed by atoms with Crippen LogP contribution < -0.4 is 10.9 Å². The molecule has 116 valence electrons. The molecule has 0 unspecified atom stereocenters. The van der Waals surface area contributed by atoms with E-state index in [4.69, 9.17) is 4.42 Å². The molecule has 1 aromatic carbocycles. The average Bonchev–Trinajstić information content (AvgIpc) is 2.98. The number of nitrogens with one attached hydrogen (secondary N) is 1. The Balaban J connectivity index is 1.73. The van der Waals surface area contributed by atoms with Crippen LogP contribution in [0.25, 0.3) is 0 Å². The molecule has 0 spiro atoms. The van der Waals surface area contributed by atoms with E-state index in [1.807, 2.05) is 12.1 Å². The number of furan rings is 1. The molecule has 5 nitrogen and oxygen atoms in total. The Morgan fingerprint density at radius 2 is 2.00 bits per heavy atom. The summed E-state index contributed by atoms with van der Waals surface area (Å²) in [6, 6.07) is 15.5. The highest BCUT2D eigenvalue weighted by Crippen LogP contribution is 2.17. The van der Waals surface area contributed by atoms with Crippen molar-refractivity contribution in [2.75, 3.05) is 5.32 Å². The van der Waals surface area contributed by atoms with E-state index in [1.165, 1.54) is 10.6 Å². The van der Waals surface area contributed by atoms with Gasteiger partial charge in [0.25, 0.3) is 11.5 Å². The number of hydrogen-bond donors (Lipinski definition) is 1. The van der Waals surface area contributed by atoms with Gasteiger partial charge < -0.3 is 14.3 Å². The van der Waals surface area contributed by atoms with Crippen LogP contribution >= 0.6 is 15.9 Å². The Morgan fingerprint density at radius 1 is 1.13 bits per heavy atom. The maximum absolute atomic E-state index is 12.2. The van der Waals surface area contributed by atoms with E-state index in [0.717, 1.165) is 4.47 Å². The van der Waals surface area contributed by atoms with Crippen molar-refractivity contribution < 1.29 is 9.21 Å². The molecule has 1 N–H and O–H groups in total. The second-order valence-electron chi connectivity index (χ2n) is 4.90. The van der Waals surface area contributed by atoms with Gasteiger partial charge >= 0.3 is 0 Å². The van der Waals surface area contributed by atoms with Crippen molar-refractivity contribution in [3.63, 3.8) is 0 Å². The smallest absolute Gasteiger partial charge is 0.291 e. The normalized spacial score (nSPS) is 10.5. The number of pyridine rings is 1. The molecule has 0 saturated carbocycles. The average molecular weight is 373 g/mol. The van der Waals surface area contributed by atoms with E-state index in [2.05, 4.69) is 21.2 Å². The van der Waals surface area contributed by atoms with Crippen LogP contribution in [0.3, 0.4) is 0 Å². The van der Waals surface area contributed by atoms with Crippen molar-refractivity contribution in [1.82, 2.24) is 4.57 Å². The first kappa shape index (κ1) is 15.3. The zero-order valence-corrected chi connectivity index (χ0v) is 13.6. The van der Waals surface area contributed by atoms with Gasteiger partial charge in [-0.25, -0.2) is 0 Å². The first-order valence-corrected chi connectivity index (χ1v) is 7.72. The summed E-state index contributed by atoms with van der Waals surface area (Å²) in [6.07, 6.45) is 1.67. The number of carbonyl (C=O) groups is 1. The van der Waals surface area contributed by atoms with Gasteiger partial charge in [-0.1, -0.05) is 28.1 Å². The fourth-order valence-corrected chi connectivity index (χ4v) is 2.50. The standard InChI is InChI=1S/C17H13BrN2O3/c18-12-4-3-5-13(10-12)19-17(22)15-8-7-14(23-15)11-20-9-2-1-6-16(20)21/h1-10H,11H2,(H,19,22). The lowest BCUT2D eigenvalue weighted by Crippen LogP contribution is -2.18. The molecular weight excluding hydrogens is 360 g/mol. The molecule has 0 fully saturated rings. The lowest BCUT2D eigenvalue weighted by molar-refractivity contribution is 0.0994. The van der Waals surface area contributed by atoms with Gasteiger partial charge in [-0.3, -0.25) is 9.59 Å². The van der Waals surface area contributed by atoms with Gasteiger partial charge in [0.15, 0.2) is 5.76 Å². The molecule has 0 atom stereocenters. The highest BCUT2D eigenvalue weighted by atomic mass is 79.9. The van der Waals surface area contributed by atoms with Gasteiger partial charge in [0.1, 0.15) is 5.76 Å². The fourth-order valence-electron chi connectivity index (χ4n) is 2.10. The Morgan fingerprint density at radius 3 is 2.78 bits per heavy atom. The van der Waals surface area contributed by atoms with Crippen molar-refractivity contribution in [1.29, 1.82) is 0 Å². The van der Waals surface area contributed by atoms with Gasteiger partial charge in [0.05, 0.1) is 6.54 Å². The van der Waals surface area contributed by atoms with Crippen molar-refractivity contribution in [2.24, 2.45) is 0 Å². The van der Waals surface area contributed by atoms with Crippen LogP contribution in [-0.4, -0.2) is 10.5 Å². The molecule has 1 amide bonds. The molecule has 0 aliphatic heterocycles. The summed E-state index contributed by atoms with van der Waals surface area (Å²) in [5.74, 6) is 0.399. The molecule has 2 aromatic heterocycles. The number of anilines is 1. The van der Waals surface area contributed by atoms with Crippen LogP contribution in [0.1, 0.15) is 16.3 Å². The summed E-state index contributed by atoms with van der Waals surface area (Å²) in [5, 5.41) is 2.76. The molecule has 0 bridgehead atoms. The molecule has 0 aliphatic rings. The molecule has 3 rings (SSSR count). The topological polar surface area (TPSA) is 64.2 Å². The quantitative estimate of drug-likeness (QED) is 0.761. The minimum Gasteiger partial charge on any atom is -0.454 e. The first-order chi connectivity index (χ1) is 11.1. The summed E-state index contributed by atoms with van der Waals surface area (Å²) in [4.78, 5) is 23.8. The molecule has 0 radical (unpaired) electrons. The molecule has 6 heteroatoms. The zero-order chi connectivity index (χ0) is 16.2. The number of amides is 1. The maximum atomic E-state index is 12.2. The van der Waals surface area contributed by atoms with Crippen LogP contribution in [0.15, 0.2) is 74.5 Å². The summed E-state index contributed by atoms with van der Waals surface area (Å²) in [6.45, 7) is 0.282. The van der Waals surface area contributed by atoms with E-state index in [9.17, 15) is 9.59 Å². The van der Waals surface area contributed by atoms with Crippen molar-refractivity contribution in [3.8, 4) is 0 Å². The third kappa shape index (κ3) is 3.78. The Kier molecular flexibility index (Phi) is 4.43. The van der Waals surface area contributed by atoms with E-state index in [-0.39, 0.29) is 23.8 Å². The van der Waals surface area contributed by atoms with E-state index in [0.29, 0.717) is 11.4 Å². The van der Waals surface area contributed by atoms with Crippen LogP contribution in [0, 0.1) is 0 Å². The largest absolute Gasteiger partial charge is 0.454 e. The number of halogens is 1. The van der Waals surface area contributed by atoms with Crippen LogP contribution in [0.4, 0.5) is 5.69 Å². The van der Waals surface area contributed by atoms with Crippen molar-refractivity contribution in [2.45, 2.75) is 6.54 Å². The monoisotopic (exact) mass is 372 g/mol. The minimum atomic E-state index is -0.338. The molecule has 23 heavy (non-hydrogen) atoms. The Bertz CT molecular complexity index is 898. The Labute approximate surface area is 140 Å². The molecule has 3 aromatic rings. The van der Waals surface area contributed by atoms with Crippen LogP contribution in [0.2, 0.25) is 0 Å². The lowest BCUT2D eigenvalue weighted by atomic mass is 10.3. The summed E-state index contributed by atoms with van der Waals surface area (Å²) < 4.78 is 7.91. The minimum absolute atomic E-state index is 0.121. The Hall–Kier alpha value is -2.60. The highest BCUT2D eigenvalue weighted by molar-refractivity contribution is 9.10. The number of carbonyl (C=O) groups excluding carboxylic acids is 1. The van der Waals surface area contributed by atoms with Crippen molar-refractivity contribution in [3.05, 3.63) is 87.1 Å². The van der Waals surface area contributed by atoms with E-state index in [1.54, 1.807) is 42.6 Å². The molecule has 2 heterocycles. The second kappa shape index (κ2) is 6.66.